The van der Waals surface area contributed by atoms with Gasteiger partial charge in [0.25, 0.3) is 0 Å². The van der Waals surface area contributed by atoms with Gasteiger partial charge in [0.15, 0.2) is 0 Å². The number of hydrogen-bond donors (Lipinski definition) is 2. The van der Waals surface area contributed by atoms with Crippen molar-refractivity contribution in [3.05, 3.63) is 74.4 Å². The first-order valence-electron chi connectivity index (χ1n) is 6.62. The zero-order chi connectivity index (χ0) is 16.6. The highest BCUT2D eigenvalue weighted by atomic mass is 79.9. The molecule has 0 aromatic heterocycles. The summed E-state index contributed by atoms with van der Waals surface area (Å²) in [5, 5.41) is 9.01. The van der Waals surface area contributed by atoms with Crippen molar-refractivity contribution in [1.82, 2.24) is 5.48 Å². The minimum Gasteiger partial charge on any atom is -0.478 e. The summed E-state index contributed by atoms with van der Waals surface area (Å²) < 4.78 is 15.1. The van der Waals surface area contributed by atoms with Crippen molar-refractivity contribution >= 4 is 21.9 Å². The van der Waals surface area contributed by atoms with E-state index >= 15 is 0 Å². The number of carbonyl (C=O) groups is 1. The Morgan fingerprint density at radius 1 is 1.30 bits per heavy atom. The summed E-state index contributed by atoms with van der Waals surface area (Å²) in [6, 6.07) is 10.2. The predicted molar refractivity (Wildman–Crippen MR) is 80.8 cm³/mol. The van der Waals surface area contributed by atoms with Crippen LogP contribution in [0.3, 0.4) is 0 Å². The first-order chi connectivity index (χ1) is 11.0. The highest BCUT2D eigenvalue weighted by molar-refractivity contribution is 9.10. The topological polar surface area (TPSA) is 78.6 Å². The Morgan fingerprint density at radius 3 is 2.78 bits per heavy atom. The molecule has 2 aromatic rings. The monoisotopic (exact) mass is 381 g/mol. The van der Waals surface area contributed by atoms with Gasteiger partial charge in [0, 0.05) is 14.9 Å². The zero-order valence-electron chi connectivity index (χ0n) is 11.6. The zero-order valence-corrected chi connectivity index (χ0v) is 13.2. The van der Waals surface area contributed by atoms with Crippen molar-refractivity contribution in [2.45, 2.75) is 12.4 Å². The van der Waals surface area contributed by atoms with Crippen molar-refractivity contribution in [3.63, 3.8) is 0 Å². The van der Waals surface area contributed by atoms with E-state index in [1.165, 1.54) is 30.3 Å². The van der Waals surface area contributed by atoms with E-state index in [4.69, 9.17) is 9.94 Å². The molecule has 2 atom stereocenters. The molecule has 0 bridgehead atoms. The second kappa shape index (κ2) is 6.15. The first kappa shape index (κ1) is 15.7. The van der Waals surface area contributed by atoms with Gasteiger partial charge in [-0.05, 0) is 30.3 Å². The second-order valence-electron chi connectivity index (χ2n) is 4.95. The minimum atomic E-state index is -1.17. The van der Waals surface area contributed by atoms with Crippen molar-refractivity contribution in [2.75, 3.05) is 0 Å². The summed E-state index contributed by atoms with van der Waals surface area (Å²) in [5.41, 5.74) is 3.08. The van der Waals surface area contributed by atoms with E-state index in [9.17, 15) is 14.1 Å². The molecule has 1 aliphatic rings. The summed E-state index contributed by atoms with van der Waals surface area (Å²) in [7, 11) is 0. The summed E-state index contributed by atoms with van der Waals surface area (Å²) in [5.74, 6) is -1.68. The fourth-order valence-electron chi connectivity index (χ4n) is 2.33. The average Bonchev–Trinajstić information content (AvgIpc) is 2.89. The van der Waals surface area contributed by atoms with E-state index in [1.54, 1.807) is 12.1 Å². The van der Waals surface area contributed by atoms with Gasteiger partial charge in [-0.2, -0.15) is 0 Å². The van der Waals surface area contributed by atoms with Gasteiger partial charge in [0.1, 0.15) is 5.82 Å². The highest BCUT2D eigenvalue weighted by Gasteiger charge is 2.46. The van der Waals surface area contributed by atoms with Crippen LogP contribution >= 0.6 is 15.9 Å². The SMILES string of the molecule is O=C(O)c1cccc(C2NOC(c3ccc(Br)cc3F)[N+]2=O)c1. The maximum atomic E-state index is 14.0. The average molecular weight is 382 g/mol. The van der Waals surface area contributed by atoms with Crippen LogP contribution in [0.1, 0.15) is 33.9 Å². The molecule has 1 aliphatic heterocycles. The van der Waals surface area contributed by atoms with Crippen molar-refractivity contribution in [2.24, 2.45) is 0 Å². The Balaban J connectivity index is 1.89. The number of nitrogens with zero attached hydrogens (tertiary/aromatic N) is 1. The molecule has 0 radical (unpaired) electrons. The Hall–Kier alpha value is -2.16. The van der Waals surface area contributed by atoms with Crippen LogP contribution in [0.2, 0.25) is 0 Å². The second-order valence-corrected chi connectivity index (χ2v) is 5.86. The lowest BCUT2D eigenvalue weighted by atomic mass is 10.1. The van der Waals surface area contributed by atoms with Gasteiger partial charge in [0.2, 0.25) is 0 Å². The van der Waals surface area contributed by atoms with Gasteiger partial charge in [-0.3, -0.25) is 0 Å². The minimum absolute atomic E-state index is 0.0518. The molecule has 2 unspecified atom stereocenters. The molecule has 1 fully saturated rings. The predicted octanol–water partition coefficient (Wildman–Crippen LogP) is 3.30. The van der Waals surface area contributed by atoms with Gasteiger partial charge in [-0.25, -0.2) is 14.0 Å². The molecule has 1 saturated heterocycles. The van der Waals surface area contributed by atoms with Gasteiger partial charge < -0.3 is 5.11 Å². The molecule has 1 heterocycles. The number of carboxylic acid groups (broad SMARTS) is 1. The molecule has 23 heavy (non-hydrogen) atoms. The summed E-state index contributed by atoms with van der Waals surface area (Å²) >= 11 is 3.15. The summed E-state index contributed by atoms with van der Waals surface area (Å²) in [4.78, 5) is 28.6. The Kier molecular flexibility index (Phi) is 4.20. The summed E-state index contributed by atoms with van der Waals surface area (Å²) in [6.07, 6.45) is -2.09. The van der Waals surface area contributed by atoms with Crippen LogP contribution in [0.4, 0.5) is 4.39 Å². The lowest BCUT2D eigenvalue weighted by Crippen LogP contribution is -2.19. The van der Waals surface area contributed by atoms with Gasteiger partial charge >= 0.3 is 18.4 Å². The molecule has 0 saturated carbocycles. The number of hydrogen-bond acceptors (Lipinski definition) is 4. The normalized spacial score (nSPS) is 20.7. The van der Waals surface area contributed by atoms with Gasteiger partial charge in [0.05, 0.1) is 15.9 Å². The van der Waals surface area contributed by atoms with E-state index in [1.807, 2.05) is 0 Å². The van der Waals surface area contributed by atoms with E-state index in [0.29, 0.717) is 14.8 Å². The smallest absolute Gasteiger partial charge is 0.352 e. The standard InChI is InChI=1S/C15H10BrFN2O4/c16-10-4-5-11(12(17)7-10)14-19(22)13(18-23-14)8-2-1-3-9(6-8)15(20)21/h1-7,13-14,18H/p+1. The van der Waals surface area contributed by atoms with Gasteiger partial charge in [-0.15, -0.1) is 5.48 Å². The molecular formula is C15H11BrFN2O4+. The number of rotatable bonds is 3. The van der Waals surface area contributed by atoms with Crippen LogP contribution in [0, 0.1) is 10.7 Å². The van der Waals surface area contributed by atoms with Crippen LogP contribution in [-0.2, 0) is 4.84 Å². The lowest BCUT2D eigenvalue weighted by molar-refractivity contribution is -0.631. The van der Waals surface area contributed by atoms with E-state index < -0.39 is 24.2 Å². The molecule has 0 amide bonds. The third-order valence-corrected chi connectivity index (χ3v) is 3.95. The largest absolute Gasteiger partial charge is 0.478 e. The van der Waals surface area contributed by atoms with E-state index in [-0.39, 0.29) is 11.1 Å². The quantitative estimate of drug-likeness (QED) is 0.797. The number of aromatic carboxylic acids is 1. The van der Waals surface area contributed by atoms with Crippen LogP contribution in [-0.4, -0.2) is 15.8 Å². The number of hydroxylamine groups is 1. The molecule has 3 rings (SSSR count). The summed E-state index contributed by atoms with van der Waals surface area (Å²) in [6.45, 7) is 0. The number of nitrogens with one attached hydrogen (secondary N) is 1. The van der Waals surface area contributed by atoms with Crippen molar-refractivity contribution < 1.29 is 23.9 Å². The molecule has 6 nitrogen and oxygen atoms in total. The fraction of sp³-hybridized carbons (Fsp3) is 0.133. The first-order valence-corrected chi connectivity index (χ1v) is 7.41. The van der Waals surface area contributed by atoms with E-state index in [2.05, 4.69) is 21.4 Å². The van der Waals surface area contributed by atoms with Crippen LogP contribution in [0.25, 0.3) is 0 Å². The number of nitroso groups, excluding NO2 is 1. The number of halogens is 2. The van der Waals surface area contributed by atoms with Gasteiger partial charge in [-0.1, -0.05) is 28.1 Å². The molecule has 2 N–H and O–H groups in total. The van der Waals surface area contributed by atoms with Crippen molar-refractivity contribution in [1.29, 1.82) is 0 Å². The molecule has 0 spiro atoms. The molecule has 2 aromatic carbocycles. The highest BCUT2D eigenvalue weighted by Crippen LogP contribution is 2.33. The number of benzene rings is 2. The third kappa shape index (κ3) is 3.00. The Labute approximate surface area is 138 Å². The Morgan fingerprint density at radius 2 is 2.09 bits per heavy atom. The van der Waals surface area contributed by atoms with Crippen LogP contribution in [0.5, 0.6) is 0 Å². The Bertz CT molecular complexity index is 799. The van der Waals surface area contributed by atoms with Crippen LogP contribution in [0.15, 0.2) is 46.9 Å². The molecule has 8 heteroatoms. The maximum absolute atomic E-state index is 14.0. The maximum Gasteiger partial charge on any atom is 0.352 e. The fourth-order valence-corrected chi connectivity index (χ4v) is 2.66. The van der Waals surface area contributed by atoms with Crippen molar-refractivity contribution in [3.8, 4) is 0 Å². The molecular weight excluding hydrogens is 371 g/mol. The number of carboxylic acids is 1. The molecule has 0 aliphatic carbocycles. The third-order valence-electron chi connectivity index (χ3n) is 3.45. The van der Waals surface area contributed by atoms with E-state index in [0.717, 1.165) is 0 Å². The lowest BCUT2D eigenvalue weighted by Gasteiger charge is -2.04. The molecule has 118 valence electrons. The van der Waals surface area contributed by atoms with Crippen LogP contribution < -0.4 is 5.48 Å².